The van der Waals surface area contributed by atoms with Crippen molar-refractivity contribution in [2.45, 2.75) is 24.8 Å². The zero-order valence-electron chi connectivity index (χ0n) is 20.2. The Labute approximate surface area is 203 Å². The van der Waals surface area contributed by atoms with E-state index in [-0.39, 0.29) is 16.5 Å². The SMILES string of the molecule is COc1cc(C2CC(N(C)C)C2)c([N+](=O)[O-])cc1Nc1nccc(-c2cn(C)c3ccccc23)n1. The number of hydrogen-bond acceptors (Lipinski definition) is 7. The summed E-state index contributed by atoms with van der Waals surface area (Å²) in [6.45, 7) is 0. The van der Waals surface area contributed by atoms with Gasteiger partial charge in [0.1, 0.15) is 5.75 Å². The molecular weight excluding hydrogens is 444 g/mol. The molecule has 1 aliphatic rings. The van der Waals surface area contributed by atoms with Crippen LogP contribution in [0.1, 0.15) is 24.3 Å². The number of anilines is 2. The Morgan fingerprint density at radius 1 is 1.20 bits per heavy atom. The van der Waals surface area contributed by atoms with Crippen LogP contribution in [0.15, 0.2) is 54.9 Å². The fourth-order valence-electron chi connectivity index (χ4n) is 4.83. The van der Waals surface area contributed by atoms with Crippen molar-refractivity contribution in [3.05, 3.63) is 70.5 Å². The zero-order valence-corrected chi connectivity index (χ0v) is 20.2. The fourth-order valence-corrected chi connectivity index (χ4v) is 4.83. The third kappa shape index (κ3) is 4.19. The van der Waals surface area contributed by atoms with Gasteiger partial charge in [0.05, 0.1) is 23.4 Å². The quantitative estimate of drug-likeness (QED) is 0.295. The number of nitro benzene ring substituents is 1. The van der Waals surface area contributed by atoms with Crippen LogP contribution in [0.25, 0.3) is 22.2 Å². The molecule has 9 heteroatoms. The number of rotatable bonds is 7. The summed E-state index contributed by atoms with van der Waals surface area (Å²) in [5.41, 5.74) is 4.11. The summed E-state index contributed by atoms with van der Waals surface area (Å²) < 4.78 is 7.67. The van der Waals surface area contributed by atoms with Crippen LogP contribution in [0, 0.1) is 10.1 Å². The van der Waals surface area contributed by atoms with E-state index in [9.17, 15) is 10.1 Å². The highest BCUT2D eigenvalue weighted by Gasteiger charge is 2.36. The Balaban J connectivity index is 1.48. The zero-order chi connectivity index (χ0) is 24.7. The molecule has 0 unspecified atom stereocenters. The summed E-state index contributed by atoms with van der Waals surface area (Å²) >= 11 is 0. The van der Waals surface area contributed by atoms with Crippen LogP contribution < -0.4 is 10.1 Å². The summed E-state index contributed by atoms with van der Waals surface area (Å²) in [5, 5.41) is 16.2. The van der Waals surface area contributed by atoms with Gasteiger partial charge < -0.3 is 19.5 Å². The molecule has 2 aromatic heterocycles. The minimum absolute atomic E-state index is 0.0840. The number of para-hydroxylation sites is 1. The van der Waals surface area contributed by atoms with E-state index in [0.717, 1.165) is 35.0 Å². The number of benzene rings is 2. The van der Waals surface area contributed by atoms with Crippen molar-refractivity contribution in [3.8, 4) is 17.0 Å². The van der Waals surface area contributed by atoms with E-state index >= 15 is 0 Å². The van der Waals surface area contributed by atoms with Gasteiger partial charge in [-0.3, -0.25) is 10.1 Å². The summed E-state index contributed by atoms with van der Waals surface area (Å²) in [4.78, 5) is 22.8. The highest BCUT2D eigenvalue weighted by molar-refractivity contribution is 5.95. The lowest BCUT2D eigenvalue weighted by atomic mass is 9.74. The molecule has 2 aromatic carbocycles. The molecule has 35 heavy (non-hydrogen) atoms. The topological polar surface area (TPSA) is 98.4 Å². The van der Waals surface area contributed by atoms with Crippen LogP contribution in [0.2, 0.25) is 0 Å². The van der Waals surface area contributed by atoms with E-state index in [1.807, 2.05) is 45.5 Å². The van der Waals surface area contributed by atoms with Crippen molar-refractivity contribution < 1.29 is 9.66 Å². The van der Waals surface area contributed by atoms with E-state index in [1.165, 1.54) is 6.07 Å². The third-order valence-electron chi connectivity index (χ3n) is 6.90. The second-order valence-electron chi connectivity index (χ2n) is 9.22. The molecule has 4 aromatic rings. The molecule has 1 fully saturated rings. The molecule has 0 bridgehead atoms. The second kappa shape index (κ2) is 8.99. The average molecular weight is 473 g/mol. The van der Waals surface area contributed by atoms with Crippen molar-refractivity contribution >= 4 is 28.2 Å². The Kier molecular flexibility index (Phi) is 5.86. The first-order chi connectivity index (χ1) is 16.9. The number of aromatic nitrogens is 3. The van der Waals surface area contributed by atoms with Gasteiger partial charge in [-0.2, -0.15) is 0 Å². The van der Waals surface area contributed by atoms with Crippen LogP contribution in [-0.4, -0.2) is 51.6 Å². The van der Waals surface area contributed by atoms with Gasteiger partial charge in [0, 0.05) is 53.6 Å². The van der Waals surface area contributed by atoms with Gasteiger partial charge in [-0.1, -0.05) is 18.2 Å². The Morgan fingerprint density at radius 3 is 2.69 bits per heavy atom. The van der Waals surface area contributed by atoms with Crippen molar-refractivity contribution in [1.82, 2.24) is 19.4 Å². The molecule has 180 valence electrons. The number of nitro groups is 1. The van der Waals surface area contributed by atoms with Crippen molar-refractivity contribution in [1.29, 1.82) is 0 Å². The van der Waals surface area contributed by atoms with E-state index in [1.54, 1.807) is 19.4 Å². The van der Waals surface area contributed by atoms with Crippen LogP contribution in [0.5, 0.6) is 5.75 Å². The van der Waals surface area contributed by atoms with Gasteiger partial charge in [0.15, 0.2) is 0 Å². The normalized spacial score (nSPS) is 17.4. The number of nitrogens with zero attached hydrogens (tertiary/aromatic N) is 5. The predicted molar refractivity (Wildman–Crippen MR) is 136 cm³/mol. The molecule has 0 atom stereocenters. The molecule has 0 saturated heterocycles. The van der Waals surface area contributed by atoms with Gasteiger partial charge in [-0.25, -0.2) is 9.97 Å². The largest absolute Gasteiger partial charge is 0.495 e. The molecule has 5 rings (SSSR count). The standard InChI is InChI=1S/C26H28N6O3/c1-30(2)17-11-16(12-17)19-13-25(35-4)22(14-24(19)32(33)34)29-26-27-10-9-21(28-26)20-15-31(3)23-8-6-5-7-18(20)23/h5-10,13-17H,11-12H2,1-4H3,(H,27,28,29). The molecule has 0 amide bonds. The maximum atomic E-state index is 11.9. The van der Waals surface area contributed by atoms with Crippen LogP contribution in [0.4, 0.5) is 17.3 Å². The number of hydrogen-bond donors (Lipinski definition) is 1. The number of ether oxygens (including phenoxy) is 1. The highest BCUT2D eigenvalue weighted by Crippen LogP contribution is 2.46. The average Bonchev–Trinajstić information content (AvgIpc) is 3.15. The maximum absolute atomic E-state index is 11.9. The minimum atomic E-state index is -0.323. The first-order valence-corrected chi connectivity index (χ1v) is 11.5. The monoisotopic (exact) mass is 472 g/mol. The lowest BCUT2D eigenvalue weighted by Crippen LogP contribution is -2.39. The molecule has 0 aliphatic heterocycles. The third-order valence-corrected chi connectivity index (χ3v) is 6.90. The van der Waals surface area contributed by atoms with Gasteiger partial charge in [0.25, 0.3) is 5.69 Å². The van der Waals surface area contributed by atoms with Gasteiger partial charge in [-0.05, 0) is 51.1 Å². The molecule has 0 radical (unpaired) electrons. The summed E-state index contributed by atoms with van der Waals surface area (Å²) in [6.07, 6.45) is 5.49. The number of nitrogens with one attached hydrogen (secondary N) is 1. The first-order valence-electron chi connectivity index (χ1n) is 11.5. The molecule has 0 spiro atoms. The van der Waals surface area contributed by atoms with Gasteiger partial charge in [-0.15, -0.1) is 0 Å². The minimum Gasteiger partial charge on any atom is -0.495 e. The second-order valence-corrected chi connectivity index (χ2v) is 9.22. The van der Waals surface area contributed by atoms with E-state index in [4.69, 9.17) is 9.72 Å². The number of fused-ring (bicyclic) bond motifs is 1. The van der Waals surface area contributed by atoms with Crippen molar-refractivity contribution in [2.24, 2.45) is 7.05 Å². The molecule has 2 heterocycles. The fraction of sp³-hybridized carbons (Fsp3) is 0.308. The molecule has 1 N–H and O–H groups in total. The predicted octanol–water partition coefficient (Wildman–Crippen LogP) is 5.10. The molecule has 1 saturated carbocycles. The Hall–Kier alpha value is -3.98. The molecule has 1 aliphatic carbocycles. The van der Waals surface area contributed by atoms with Gasteiger partial charge >= 0.3 is 0 Å². The lowest BCUT2D eigenvalue weighted by molar-refractivity contribution is -0.385. The Bertz CT molecular complexity index is 1410. The molecular formula is C26H28N6O3. The van der Waals surface area contributed by atoms with Crippen molar-refractivity contribution in [2.75, 3.05) is 26.5 Å². The smallest absolute Gasteiger partial charge is 0.275 e. The highest BCUT2D eigenvalue weighted by atomic mass is 16.6. The maximum Gasteiger partial charge on any atom is 0.275 e. The van der Waals surface area contributed by atoms with E-state index < -0.39 is 0 Å². The number of aryl methyl sites for hydroxylation is 1. The first kappa shape index (κ1) is 22.8. The summed E-state index contributed by atoms with van der Waals surface area (Å²) in [6, 6.07) is 13.7. The number of methoxy groups -OCH3 is 1. The van der Waals surface area contributed by atoms with Crippen molar-refractivity contribution in [3.63, 3.8) is 0 Å². The summed E-state index contributed by atoms with van der Waals surface area (Å²) in [7, 11) is 7.64. The van der Waals surface area contributed by atoms with Gasteiger partial charge in [0.2, 0.25) is 5.95 Å². The lowest BCUT2D eigenvalue weighted by Gasteiger charge is -2.39. The van der Waals surface area contributed by atoms with E-state index in [2.05, 4.69) is 31.9 Å². The Morgan fingerprint density at radius 2 is 1.97 bits per heavy atom. The van der Waals surface area contributed by atoms with Crippen LogP contribution >= 0.6 is 0 Å². The molecule has 9 nitrogen and oxygen atoms in total. The van der Waals surface area contributed by atoms with Crippen LogP contribution in [0.3, 0.4) is 0 Å². The van der Waals surface area contributed by atoms with E-state index in [0.29, 0.717) is 29.0 Å². The van der Waals surface area contributed by atoms with Crippen LogP contribution in [-0.2, 0) is 7.05 Å². The summed E-state index contributed by atoms with van der Waals surface area (Å²) in [5.74, 6) is 1.00.